The molecular formula is C11H19NNa3O16S2-. The Bertz CT molecular complexity index is 766. The van der Waals surface area contributed by atoms with E-state index >= 15 is 0 Å². The molecule has 0 aromatic carbocycles. The molecule has 0 spiro atoms. The van der Waals surface area contributed by atoms with E-state index in [0.29, 0.717) is 0 Å². The number of hydrogen-bond donors (Lipinski definition) is 6. The minimum atomic E-state index is -5.35. The molecule has 33 heavy (non-hydrogen) atoms. The predicted octanol–water partition coefficient (Wildman–Crippen LogP) is -14.0. The molecule has 0 aromatic rings. The Morgan fingerprint density at radius 2 is 1.27 bits per heavy atom. The second-order valence-electron chi connectivity index (χ2n) is 5.96. The van der Waals surface area contributed by atoms with Gasteiger partial charge in [0.2, 0.25) is 27.1 Å². The minimum Gasteiger partial charge on any atom is -0.726 e. The van der Waals surface area contributed by atoms with Crippen LogP contribution in [0.3, 0.4) is 0 Å². The first-order chi connectivity index (χ1) is 13.4. The van der Waals surface area contributed by atoms with Gasteiger partial charge in [0.05, 0.1) is 12.2 Å². The van der Waals surface area contributed by atoms with Crippen molar-refractivity contribution in [3.05, 3.63) is 12.7 Å². The van der Waals surface area contributed by atoms with E-state index in [4.69, 9.17) is 32.7 Å². The third kappa shape index (κ3) is 13.7. The number of rotatable bonds is 4. The van der Waals surface area contributed by atoms with Crippen molar-refractivity contribution in [3.63, 3.8) is 0 Å². The molecule has 4 unspecified atom stereocenters. The van der Waals surface area contributed by atoms with Crippen molar-refractivity contribution in [1.82, 2.24) is 0 Å². The SMILES string of the molecule is O=S(=O)([O-])O.[CH2-]C1O[C@H](O[C@@H]2C(OS(=O)(=O)[O-])O[C@@H](O)[C@@H](O)C2O)C([NH-])[C@@H](O)[C@H]1O.[Na+].[Na+].[Na+]. The monoisotopic (exact) mass is 554 g/mol. The summed E-state index contributed by atoms with van der Waals surface area (Å²) in [6.07, 6.45) is -16.2. The van der Waals surface area contributed by atoms with Crippen LogP contribution in [0, 0.1) is 6.92 Å². The van der Waals surface area contributed by atoms with Gasteiger partial charge in [-0.25, -0.2) is 21.0 Å². The summed E-state index contributed by atoms with van der Waals surface area (Å²) in [6.45, 7) is 3.38. The van der Waals surface area contributed by atoms with Crippen LogP contribution in [0.15, 0.2) is 0 Å². The molecule has 0 bridgehead atoms. The molecule has 7 N–H and O–H groups in total. The van der Waals surface area contributed by atoms with Crippen LogP contribution in [-0.4, -0.2) is 118 Å². The molecule has 0 aromatic heterocycles. The third-order valence-electron chi connectivity index (χ3n) is 3.73. The Kier molecular flexibility index (Phi) is 19.8. The first-order valence-corrected chi connectivity index (χ1v) is 10.4. The Morgan fingerprint density at radius 3 is 1.70 bits per heavy atom. The van der Waals surface area contributed by atoms with E-state index in [-0.39, 0.29) is 88.7 Å². The van der Waals surface area contributed by atoms with Crippen molar-refractivity contribution in [2.75, 3.05) is 0 Å². The standard InChI is InChI=1S/C11H19NO12S.3Na.H2O4S/c1-2-4(13)5(14)3(12)10(21-2)22-8-6(15)7(16)9(17)23-11(8)24-25(18,19)20;;;;1-5(2,3)4/h2-17H,1H2,(H,18,19,20);;;;(H2,1,2,3,4)/q-2;3*+1;/p-2/t2?,3?,4-,5+,6?,7-,8-,9+,10+,11?;;;;/m0..../s1. The largest absolute Gasteiger partial charge is 1.00 e. The van der Waals surface area contributed by atoms with Crippen LogP contribution in [0.2, 0.25) is 0 Å². The zero-order chi connectivity index (χ0) is 23.6. The van der Waals surface area contributed by atoms with E-state index in [2.05, 4.69) is 15.8 Å². The summed E-state index contributed by atoms with van der Waals surface area (Å²) >= 11 is 0. The van der Waals surface area contributed by atoms with Gasteiger partial charge in [0.25, 0.3) is 0 Å². The zero-order valence-corrected chi connectivity index (χ0v) is 25.2. The molecule has 0 aliphatic carbocycles. The van der Waals surface area contributed by atoms with E-state index in [1.165, 1.54) is 0 Å². The molecule has 10 atom stereocenters. The number of aliphatic hydroxyl groups is 5. The summed E-state index contributed by atoms with van der Waals surface area (Å²) in [4.78, 5) is 0. The summed E-state index contributed by atoms with van der Waals surface area (Å²) in [5.41, 5.74) is 7.73. The van der Waals surface area contributed by atoms with Gasteiger partial charge in [-0.1, -0.05) is 6.04 Å². The average Bonchev–Trinajstić information content (AvgIpc) is 2.56. The molecule has 0 radical (unpaired) electrons. The summed E-state index contributed by atoms with van der Waals surface area (Å²) in [7, 11) is -10.3. The van der Waals surface area contributed by atoms with Crippen LogP contribution < -0.4 is 88.7 Å². The zero-order valence-electron chi connectivity index (χ0n) is 17.6. The first-order valence-electron chi connectivity index (χ1n) is 7.65. The van der Waals surface area contributed by atoms with Crippen LogP contribution >= 0.6 is 0 Å². The van der Waals surface area contributed by atoms with Crippen molar-refractivity contribution in [3.8, 4) is 0 Å². The molecule has 2 fully saturated rings. The van der Waals surface area contributed by atoms with Gasteiger partial charge in [-0.2, -0.15) is 0 Å². The second kappa shape index (κ2) is 16.4. The molecule has 2 aliphatic heterocycles. The van der Waals surface area contributed by atoms with Gasteiger partial charge < -0.3 is 61.5 Å². The second-order valence-corrected chi connectivity index (χ2v) is 7.82. The van der Waals surface area contributed by atoms with Gasteiger partial charge in [-0.05, 0) is 6.10 Å². The van der Waals surface area contributed by atoms with Crippen molar-refractivity contribution < 1.29 is 163 Å². The third-order valence-corrected chi connectivity index (χ3v) is 4.15. The maximum atomic E-state index is 10.8. The van der Waals surface area contributed by atoms with Gasteiger partial charge in [-0.3, -0.25) is 4.55 Å². The predicted molar refractivity (Wildman–Crippen MR) is 85.0 cm³/mol. The Hall–Kier alpha value is 2.38. The van der Waals surface area contributed by atoms with Crippen LogP contribution in [0.4, 0.5) is 0 Å². The summed E-state index contributed by atoms with van der Waals surface area (Å²) in [5, 5.41) is 48.2. The minimum absolute atomic E-state index is 0. The van der Waals surface area contributed by atoms with Crippen LogP contribution in [0.5, 0.6) is 0 Å². The van der Waals surface area contributed by atoms with E-state index in [9.17, 15) is 38.5 Å². The Morgan fingerprint density at radius 1 is 0.818 bits per heavy atom. The molecule has 2 rings (SSSR count). The van der Waals surface area contributed by atoms with E-state index in [1.54, 1.807) is 0 Å². The summed E-state index contributed by atoms with van der Waals surface area (Å²) < 4.78 is 83.9. The van der Waals surface area contributed by atoms with Gasteiger partial charge in [0, 0.05) is 0 Å². The first kappa shape index (κ1) is 39.9. The maximum Gasteiger partial charge on any atom is 1.00 e. The van der Waals surface area contributed by atoms with Gasteiger partial charge in [-0.15, -0.1) is 0 Å². The smallest absolute Gasteiger partial charge is 0.726 e. The molecule has 2 saturated heterocycles. The Balaban J connectivity index is -0.00000102. The number of hydrogen-bond acceptors (Lipinski definition) is 15. The topological polar surface area (TPSA) is 296 Å². The van der Waals surface area contributed by atoms with Gasteiger partial charge >= 0.3 is 88.7 Å². The summed E-state index contributed by atoms with van der Waals surface area (Å²) in [6, 6.07) is -1.62. The van der Waals surface area contributed by atoms with Crippen LogP contribution in [-0.2, 0) is 39.2 Å². The van der Waals surface area contributed by atoms with Crippen LogP contribution in [0.1, 0.15) is 0 Å². The van der Waals surface area contributed by atoms with Crippen molar-refractivity contribution in [2.45, 2.75) is 61.5 Å². The molecule has 0 amide bonds. The molecular weight excluding hydrogens is 535 g/mol. The average molecular weight is 554 g/mol. The van der Waals surface area contributed by atoms with Crippen LogP contribution in [0.25, 0.3) is 5.73 Å². The molecule has 17 nitrogen and oxygen atoms in total. The molecule has 22 heteroatoms. The molecule has 2 heterocycles. The normalized spacial score (nSPS) is 39.0. The van der Waals surface area contributed by atoms with E-state index < -0.39 is 82.3 Å². The van der Waals surface area contributed by atoms with Crippen molar-refractivity contribution in [1.29, 1.82) is 0 Å². The Labute approximate surface area is 255 Å². The van der Waals surface area contributed by atoms with Gasteiger partial charge in [0.1, 0.15) is 24.6 Å². The van der Waals surface area contributed by atoms with Crippen molar-refractivity contribution in [2.24, 2.45) is 0 Å². The molecule has 180 valence electrons. The number of aliphatic hydroxyl groups excluding tert-OH is 5. The molecule has 0 saturated carbocycles. The van der Waals surface area contributed by atoms with Crippen molar-refractivity contribution >= 4 is 20.8 Å². The fraction of sp³-hybridized carbons (Fsp3) is 0.909. The fourth-order valence-electron chi connectivity index (χ4n) is 2.36. The number of ether oxygens (including phenoxy) is 3. The van der Waals surface area contributed by atoms with E-state index in [1.807, 2.05) is 0 Å². The van der Waals surface area contributed by atoms with Gasteiger partial charge in [0.15, 0.2) is 6.29 Å². The fourth-order valence-corrected chi connectivity index (χ4v) is 2.75. The van der Waals surface area contributed by atoms with E-state index in [0.717, 1.165) is 0 Å². The summed E-state index contributed by atoms with van der Waals surface area (Å²) in [5.74, 6) is 0. The quantitative estimate of drug-likeness (QED) is 0.0813. The maximum absolute atomic E-state index is 10.8. The molecule has 2 aliphatic rings. The number of nitrogens with one attached hydrogen (secondary N) is 1.